The Morgan fingerprint density at radius 2 is 1.66 bits per heavy atom. The van der Waals surface area contributed by atoms with Gasteiger partial charge in [-0.2, -0.15) is 10.3 Å². The number of halogens is 2. The van der Waals surface area contributed by atoms with E-state index in [0.29, 0.717) is 40.2 Å². The summed E-state index contributed by atoms with van der Waals surface area (Å²) in [4.78, 5) is 22.5. The molecule has 1 aliphatic rings. The quantitative estimate of drug-likeness (QED) is 0.346. The van der Waals surface area contributed by atoms with Crippen molar-refractivity contribution >= 4 is 51.6 Å². The van der Waals surface area contributed by atoms with E-state index in [1.54, 1.807) is 29.2 Å². The number of aromatic nitrogens is 8. The monoisotopic (exact) mass is 467 g/mol. The van der Waals surface area contributed by atoms with Crippen molar-refractivity contribution < 1.29 is 4.79 Å². The fraction of sp³-hybridized carbons (Fsp3) is 0.150. The second-order valence-electron chi connectivity index (χ2n) is 7.00. The summed E-state index contributed by atoms with van der Waals surface area (Å²) in [6, 6.07) is 14.7. The minimum atomic E-state index is -0.230. The van der Waals surface area contributed by atoms with E-state index in [4.69, 9.17) is 23.2 Å². The third-order valence-electron chi connectivity index (χ3n) is 4.99. The number of hydrogen-bond donors (Lipinski definition) is 1. The molecule has 4 aromatic heterocycles. The number of carbonyl (C=O) groups excluding carboxylic acids is 1. The third kappa shape index (κ3) is 3.97. The molecule has 0 bridgehead atoms. The average molecular weight is 468 g/mol. The second kappa shape index (κ2) is 8.48. The summed E-state index contributed by atoms with van der Waals surface area (Å²) in [6.07, 6.45) is 0.836. The summed E-state index contributed by atoms with van der Waals surface area (Å²) in [6.45, 7) is 1.22. The van der Waals surface area contributed by atoms with Crippen molar-refractivity contribution in [3.63, 3.8) is 0 Å². The van der Waals surface area contributed by atoms with Gasteiger partial charge < -0.3 is 4.90 Å². The number of hydrogen-bond acceptors (Lipinski definition) is 7. The predicted molar refractivity (Wildman–Crippen MR) is 118 cm³/mol. The summed E-state index contributed by atoms with van der Waals surface area (Å²) in [5.41, 5.74) is 4.66. The largest absolute Gasteiger partial charge is 0.348 e. The number of carbonyl (C=O) groups is 1. The molecule has 0 saturated carbocycles. The third-order valence-corrected chi connectivity index (χ3v) is 5.41. The minimum Gasteiger partial charge on any atom is -0.318 e. The van der Waals surface area contributed by atoms with E-state index in [0.717, 1.165) is 17.5 Å². The Bertz CT molecular complexity index is 1430. The van der Waals surface area contributed by atoms with Crippen molar-refractivity contribution in [2.24, 2.45) is 0 Å². The van der Waals surface area contributed by atoms with Crippen LogP contribution in [0.4, 0.5) is 4.79 Å². The lowest BCUT2D eigenvalue weighted by Crippen LogP contribution is -2.39. The zero-order valence-electron chi connectivity index (χ0n) is 16.5. The molecule has 1 aromatic carbocycles. The summed E-state index contributed by atoms with van der Waals surface area (Å²) in [5, 5.41) is 18.6. The van der Waals surface area contributed by atoms with E-state index in [9.17, 15) is 4.79 Å². The summed E-state index contributed by atoms with van der Waals surface area (Å²) >= 11 is 11.5. The van der Waals surface area contributed by atoms with Gasteiger partial charge >= 0.3 is 6.03 Å². The van der Waals surface area contributed by atoms with Gasteiger partial charge in [0.1, 0.15) is 21.3 Å². The molecule has 160 valence electrons. The molecule has 32 heavy (non-hydrogen) atoms. The molecule has 0 atom stereocenters. The summed E-state index contributed by atoms with van der Waals surface area (Å²) < 4.78 is 1.22. The van der Waals surface area contributed by atoms with Crippen LogP contribution in [-0.2, 0) is 13.0 Å². The van der Waals surface area contributed by atoms with E-state index in [2.05, 4.69) is 41.8 Å². The summed E-state index contributed by atoms with van der Waals surface area (Å²) in [5.74, 6) is 0. The van der Waals surface area contributed by atoms with Crippen LogP contribution in [0.1, 0.15) is 11.1 Å². The molecule has 1 amide bonds. The SMILES string of the molecule is Clc1ccc2n[nH]nc2n1.O=C(N1CCc2ccccc2C1)n1nnc2ccc(Cl)nc21. The Morgan fingerprint density at radius 3 is 2.50 bits per heavy atom. The number of H-pyrrole nitrogens is 1. The highest BCUT2D eigenvalue weighted by atomic mass is 35.5. The zero-order valence-corrected chi connectivity index (χ0v) is 18.0. The van der Waals surface area contributed by atoms with Gasteiger partial charge in [0.05, 0.1) is 0 Å². The van der Waals surface area contributed by atoms with Gasteiger partial charge in [0.15, 0.2) is 5.65 Å². The number of fused-ring (bicyclic) bond motifs is 3. The number of benzene rings is 1. The molecule has 5 heterocycles. The maximum Gasteiger partial charge on any atom is 0.348 e. The van der Waals surface area contributed by atoms with Crippen molar-refractivity contribution in [1.29, 1.82) is 0 Å². The van der Waals surface area contributed by atoms with Crippen molar-refractivity contribution in [2.45, 2.75) is 13.0 Å². The second-order valence-corrected chi connectivity index (χ2v) is 7.78. The van der Waals surface area contributed by atoms with Crippen LogP contribution in [-0.4, -0.2) is 57.8 Å². The Labute approximate surface area is 191 Å². The fourth-order valence-electron chi connectivity index (χ4n) is 3.42. The lowest BCUT2D eigenvalue weighted by atomic mass is 10.0. The van der Waals surface area contributed by atoms with Gasteiger partial charge in [-0.25, -0.2) is 14.8 Å². The lowest BCUT2D eigenvalue weighted by Gasteiger charge is -2.28. The van der Waals surface area contributed by atoms with E-state index >= 15 is 0 Å². The Morgan fingerprint density at radius 1 is 0.906 bits per heavy atom. The van der Waals surface area contributed by atoms with E-state index in [1.165, 1.54) is 10.2 Å². The van der Waals surface area contributed by atoms with Gasteiger partial charge in [0.2, 0.25) is 5.65 Å². The van der Waals surface area contributed by atoms with E-state index < -0.39 is 0 Å². The number of nitrogens with one attached hydrogen (secondary N) is 1. The number of nitrogens with zero attached hydrogens (tertiary/aromatic N) is 8. The molecule has 0 spiro atoms. The van der Waals surface area contributed by atoms with Crippen LogP contribution in [0.3, 0.4) is 0 Å². The first-order valence-electron chi connectivity index (χ1n) is 9.65. The van der Waals surface area contributed by atoms with Crippen LogP contribution < -0.4 is 0 Å². The fourth-order valence-corrected chi connectivity index (χ4v) is 3.71. The van der Waals surface area contributed by atoms with Crippen LogP contribution in [0.25, 0.3) is 22.3 Å². The molecule has 0 unspecified atom stereocenters. The van der Waals surface area contributed by atoms with Gasteiger partial charge in [0, 0.05) is 13.1 Å². The van der Waals surface area contributed by atoms with Gasteiger partial charge in [0.25, 0.3) is 0 Å². The zero-order chi connectivity index (χ0) is 22.1. The topological polar surface area (TPSA) is 118 Å². The molecule has 0 radical (unpaired) electrons. The highest BCUT2D eigenvalue weighted by Crippen LogP contribution is 2.20. The molecule has 0 aliphatic carbocycles. The summed E-state index contributed by atoms with van der Waals surface area (Å²) in [7, 11) is 0. The lowest BCUT2D eigenvalue weighted by molar-refractivity contribution is 0.191. The first-order chi connectivity index (χ1) is 15.6. The first kappa shape index (κ1) is 20.3. The first-order valence-corrected chi connectivity index (χ1v) is 10.4. The van der Waals surface area contributed by atoms with Gasteiger partial charge in [-0.15, -0.1) is 14.9 Å². The maximum absolute atomic E-state index is 12.7. The van der Waals surface area contributed by atoms with Crippen LogP contribution in [0.15, 0.2) is 48.5 Å². The molecule has 10 nitrogen and oxygen atoms in total. The van der Waals surface area contributed by atoms with Crippen LogP contribution in [0, 0.1) is 0 Å². The van der Waals surface area contributed by atoms with Crippen molar-refractivity contribution in [3.8, 4) is 0 Å². The molecule has 1 aliphatic heterocycles. The van der Waals surface area contributed by atoms with Gasteiger partial charge in [-0.3, -0.25) is 0 Å². The molecule has 0 saturated heterocycles. The maximum atomic E-state index is 12.7. The number of rotatable bonds is 0. The molecule has 12 heteroatoms. The highest BCUT2D eigenvalue weighted by molar-refractivity contribution is 6.30. The Hall–Kier alpha value is -3.63. The van der Waals surface area contributed by atoms with Gasteiger partial charge in [-0.1, -0.05) is 52.7 Å². The van der Waals surface area contributed by atoms with Crippen molar-refractivity contribution in [3.05, 3.63) is 70.0 Å². The normalized spacial score (nSPS) is 13.0. The molecule has 0 fully saturated rings. The Balaban J connectivity index is 0.000000180. The predicted octanol–water partition coefficient (Wildman–Crippen LogP) is 3.51. The van der Waals surface area contributed by atoms with Gasteiger partial charge in [-0.05, 0) is 41.8 Å². The smallest absolute Gasteiger partial charge is 0.318 e. The molecular formula is C20H15Cl2N9O. The van der Waals surface area contributed by atoms with E-state index in [1.807, 2.05) is 18.2 Å². The van der Waals surface area contributed by atoms with E-state index in [-0.39, 0.29) is 6.03 Å². The standard InChI is InChI=1S/C15H12ClN5O.C5H3ClN4/c16-13-6-5-12-14(17-13)21(19-18-12)15(22)20-8-7-10-3-1-2-4-11(10)9-20;6-4-2-1-3-5(7-4)9-10-8-3/h1-6H,7-9H2;1-2H,(H,7,8,9,10). The molecule has 6 rings (SSSR count). The Kier molecular flexibility index (Phi) is 5.38. The van der Waals surface area contributed by atoms with Crippen molar-refractivity contribution in [1.82, 2.24) is 45.3 Å². The van der Waals surface area contributed by atoms with Crippen LogP contribution >= 0.6 is 23.2 Å². The number of amides is 1. The minimum absolute atomic E-state index is 0.230. The number of pyridine rings is 2. The van der Waals surface area contributed by atoms with Crippen LogP contribution in [0.2, 0.25) is 10.3 Å². The highest BCUT2D eigenvalue weighted by Gasteiger charge is 2.24. The molecule has 5 aromatic rings. The van der Waals surface area contributed by atoms with Crippen LogP contribution in [0.5, 0.6) is 0 Å². The van der Waals surface area contributed by atoms with Crippen molar-refractivity contribution in [2.75, 3.05) is 6.54 Å². The average Bonchev–Trinajstić information content (AvgIpc) is 3.45. The molecule has 1 N–H and O–H groups in total. The molecular weight excluding hydrogens is 453 g/mol. The number of aromatic amines is 1.